The highest BCUT2D eigenvalue weighted by molar-refractivity contribution is 6.32. The molecule has 216 valence electrons. The Morgan fingerprint density at radius 3 is 1.04 bits per heavy atom. The van der Waals surface area contributed by atoms with Gasteiger partial charge in [-0.2, -0.15) is 0 Å². The van der Waals surface area contributed by atoms with Gasteiger partial charge in [-0.25, -0.2) is 0 Å². The summed E-state index contributed by atoms with van der Waals surface area (Å²) in [7, 11) is 0. The summed E-state index contributed by atoms with van der Waals surface area (Å²) in [6.07, 6.45) is 1.75. The number of aldehydes is 2. The van der Waals surface area contributed by atoms with Crippen molar-refractivity contribution in [3.05, 3.63) is 169 Å². The Hall–Kier alpha value is -6.12. The normalized spacial score (nSPS) is 11.2. The van der Waals surface area contributed by atoms with Crippen molar-refractivity contribution in [2.45, 2.75) is 0 Å². The Labute approximate surface area is 267 Å². The monoisotopic (exact) mass is 588 g/mol. The van der Waals surface area contributed by atoms with Crippen molar-refractivity contribution < 1.29 is 9.59 Å². The van der Waals surface area contributed by atoms with Gasteiger partial charge in [0, 0.05) is 11.1 Å². The third kappa shape index (κ3) is 4.68. The van der Waals surface area contributed by atoms with Crippen LogP contribution in [-0.2, 0) is 0 Å². The Bertz CT molecular complexity index is 2230. The molecule has 0 saturated carbocycles. The van der Waals surface area contributed by atoms with E-state index in [1.165, 1.54) is 43.8 Å². The predicted molar refractivity (Wildman–Crippen MR) is 191 cm³/mol. The lowest BCUT2D eigenvalue weighted by Crippen LogP contribution is -1.92. The van der Waals surface area contributed by atoms with E-state index in [2.05, 4.69) is 109 Å². The van der Waals surface area contributed by atoms with Gasteiger partial charge in [-0.05, 0) is 89.0 Å². The molecule has 0 bridgehead atoms. The largest absolute Gasteiger partial charge is 0.298 e. The van der Waals surface area contributed by atoms with Crippen molar-refractivity contribution in [2.75, 3.05) is 0 Å². The zero-order valence-electron chi connectivity index (χ0n) is 25.0. The summed E-state index contributed by atoms with van der Waals surface area (Å²) in [5.74, 6) is 0. The third-order valence-corrected chi connectivity index (χ3v) is 9.00. The second-order valence-corrected chi connectivity index (χ2v) is 11.6. The Morgan fingerprint density at radius 1 is 0.304 bits per heavy atom. The van der Waals surface area contributed by atoms with Crippen LogP contribution in [0.2, 0.25) is 0 Å². The van der Waals surface area contributed by atoms with Gasteiger partial charge in [0.2, 0.25) is 0 Å². The fourth-order valence-electron chi connectivity index (χ4n) is 6.72. The number of carbonyl (C=O) groups is 2. The summed E-state index contributed by atoms with van der Waals surface area (Å²) in [6.45, 7) is 0. The van der Waals surface area contributed by atoms with Gasteiger partial charge >= 0.3 is 0 Å². The van der Waals surface area contributed by atoms with E-state index in [1.54, 1.807) is 0 Å². The molecule has 0 aliphatic carbocycles. The van der Waals surface area contributed by atoms with Gasteiger partial charge in [-0.15, -0.1) is 0 Å². The second-order valence-electron chi connectivity index (χ2n) is 11.6. The smallest absolute Gasteiger partial charge is 0.150 e. The topological polar surface area (TPSA) is 34.1 Å². The molecule has 0 unspecified atom stereocenters. The molecule has 0 aliphatic rings. The molecule has 2 nitrogen and oxygen atoms in total. The van der Waals surface area contributed by atoms with Crippen LogP contribution in [0.1, 0.15) is 20.7 Å². The van der Waals surface area contributed by atoms with E-state index in [-0.39, 0.29) is 0 Å². The first-order chi connectivity index (χ1) is 22.7. The standard InChI is InChI=1S/C44H28O2/c45-27-29-11-15-31(16-12-29)35-19-21-39-41(25-35)42-26-36(32-17-13-30(28-46)14-18-32)20-22-40(42)44-38(34-9-5-2-6-10-34)24-23-37(43(39)44)33-7-3-1-4-8-33/h1-28H. The van der Waals surface area contributed by atoms with Crippen molar-refractivity contribution >= 4 is 44.9 Å². The summed E-state index contributed by atoms with van der Waals surface area (Å²) in [6, 6.07) is 54.7. The molecule has 8 rings (SSSR count). The summed E-state index contributed by atoms with van der Waals surface area (Å²) >= 11 is 0. The summed E-state index contributed by atoms with van der Waals surface area (Å²) in [4.78, 5) is 22.7. The van der Waals surface area contributed by atoms with Gasteiger partial charge in [0.15, 0.2) is 0 Å². The van der Waals surface area contributed by atoms with Gasteiger partial charge in [0.05, 0.1) is 0 Å². The third-order valence-electron chi connectivity index (χ3n) is 9.00. The van der Waals surface area contributed by atoms with E-state index in [9.17, 15) is 9.59 Å². The van der Waals surface area contributed by atoms with E-state index in [1.807, 2.05) is 48.5 Å². The van der Waals surface area contributed by atoms with Gasteiger partial charge < -0.3 is 0 Å². The molecule has 2 heteroatoms. The van der Waals surface area contributed by atoms with Crippen LogP contribution in [0, 0.1) is 0 Å². The molecule has 0 radical (unpaired) electrons. The average molecular weight is 589 g/mol. The van der Waals surface area contributed by atoms with Gasteiger partial charge in [0.1, 0.15) is 12.6 Å². The molecule has 0 N–H and O–H groups in total. The Morgan fingerprint density at radius 2 is 0.674 bits per heavy atom. The van der Waals surface area contributed by atoms with Gasteiger partial charge in [-0.3, -0.25) is 9.59 Å². The summed E-state index contributed by atoms with van der Waals surface area (Å²) in [5, 5.41) is 7.13. The van der Waals surface area contributed by atoms with E-state index < -0.39 is 0 Å². The minimum Gasteiger partial charge on any atom is -0.298 e. The maximum atomic E-state index is 11.3. The number of carbonyl (C=O) groups excluding carboxylic acids is 2. The number of fused-ring (bicyclic) bond motifs is 6. The maximum absolute atomic E-state index is 11.3. The molecule has 8 aromatic rings. The number of hydrogen-bond acceptors (Lipinski definition) is 2. The molecule has 0 aromatic heterocycles. The number of hydrogen-bond donors (Lipinski definition) is 0. The summed E-state index contributed by atoms with van der Waals surface area (Å²) in [5.41, 5.74) is 10.3. The van der Waals surface area contributed by atoms with Crippen molar-refractivity contribution in [1.29, 1.82) is 0 Å². The minimum atomic E-state index is 0.659. The van der Waals surface area contributed by atoms with Crippen LogP contribution in [0.4, 0.5) is 0 Å². The van der Waals surface area contributed by atoms with Gasteiger partial charge in [0.25, 0.3) is 0 Å². The SMILES string of the molecule is O=Cc1ccc(-c2ccc3c(c2)c2cc(-c4ccc(C=O)cc4)ccc2c2c(-c4ccccc4)ccc(-c4ccccc4)c32)cc1. The van der Waals surface area contributed by atoms with Crippen LogP contribution >= 0.6 is 0 Å². The quantitative estimate of drug-likeness (QED) is 0.143. The lowest BCUT2D eigenvalue weighted by atomic mass is 9.84. The number of rotatable bonds is 6. The predicted octanol–water partition coefficient (Wildman–Crippen LogP) is 11.4. The minimum absolute atomic E-state index is 0.659. The van der Waals surface area contributed by atoms with E-state index in [4.69, 9.17) is 0 Å². The van der Waals surface area contributed by atoms with Crippen molar-refractivity contribution in [3.8, 4) is 44.5 Å². The van der Waals surface area contributed by atoms with Gasteiger partial charge in [-0.1, -0.05) is 146 Å². The molecule has 0 spiro atoms. The summed E-state index contributed by atoms with van der Waals surface area (Å²) < 4.78 is 0. The zero-order chi connectivity index (χ0) is 31.0. The fourth-order valence-corrected chi connectivity index (χ4v) is 6.72. The fraction of sp³-hybridized carbons (Fsp3) is 0. The van der Waals surface area contributed by atoms with Crippen LogP contribution in [0.5, 0.6) is 0 Å². The Kier molecular flexibility index (Phi) is 6.81. The van der Waals surface area contributed by atoms with E-state index in [0.717, 1.165) is 45.6 Å². The highest BCUT2D eigenvalue weighted by Crippen LogP contribution is 2.46. The van der Waals surface area contributed by atoms with Crippen molar-refractivity contribution in [3.63, 3.8) is 0 Å². The van der Waals surface area contributed by atoms with Crippen molar-refractivity contribution in [2.24, 2.45) is 0 Å². The van der Waals surface area contributed by atoms with E-state index >= 15 is 0 Å². The van der Waals surface area contributed by atoms with Crippen LogP contribution in [0.3, 0.4) is 0 Å². The molecule has 8 aromatic carbocycles. The lowest BCUT2D eigenvalue weighted by molar-refractivity contribution is 0.111. The van der Waals surface area contributed by atoms with Crippen LogP contribution in [0.15, 0.2) is 158 Å². The lowest BCUT2D eigenvalue weighted by Gasteiger charge is -2.19. The number of benzene rings is 8. The first-order valence-corrected chi connectivity index (χ1v) is 15.4. The molecule has 0 aliphatic heterocycles. The molecule has 0 amide bonds. The first kappa shape index (κ1) is 27.4. The maximum Gasteiger partial charge on any atom is 0.150 e. The molecule has 0 fully saturated rings. The zero-order valence-corrected chi connectivity index (χ0v) is 25.0. The molecular weight excluding hydrogens is 560 g/mol. The van der Waals surface area contributed by atoms with E-state index in [0.29, 0.717) is 11.1 Å². The molecule has 0 atom stereocenters. The average Bonchev–Trinajstić information content (AvgIpc) is 3.14. The van der Waals surface area contributed by atoms with Crippen LogP contribution in [0.25, 0.3) is 76.8 Å². The molecular formula is C44H28O2. The highest BCUT2D eigenvalue weighted by atomic mass is 16.1. The molecule has 46 heavy (non-hydrogen) atoms. The highest BCUT2D eigenvalue weighted by Gasteiger charge is 2.18. The first-order valence-electron chi connectivity index (χ1n) is 15.4. The second kappa shape index (κ2) is 11.4. The van der Waals surface area contributed by atoms with Crippen LogP contribution in [-0.4, -0.2) is 12.6 Å². The van der Waals surface area contributed by atoms with Crippen LogP contribution < -0.4 is 0 Å². The Balaban J connectivity index is 1.52. The van der Waals surface area contributed by atoms with Crippen molar-refractivity contribution in [1.82, 2.24) is 0 Å². The molecule has 0 heterocycles. The molecule has 0 saturated heterocycles.